The third-order valence-corrected chi connectivity index (χ3v) is 4.88. The quantitative estimate of drug-likeness (QED) is 0.920. The molecule has 0 atom stereocenters. The van der Waals surface area contributed by atoms with Crippen LogP contribution in [0.25, 0.3) is 0 Å². The molecule has 106 valence electrons. The van der Waals surface area contributed by atoms with E-state index in [1.807, 2.05) is 18.9 Å². The smallest absolute Gasteiger partial charge is 0.265 e. The number of rotatable bonds is 4. The first kappa shape index (κ1) is 14.5. The molecule has 1 saturated heterocycles. The third-order valence-electron chi connectivity index (χ3n) is 3.68. The van der Waals surface area contributed by atoms with Crippen LogP contribution in [-0.2, 0) is 6.42 Å². The van der Waals surface area contributed by atoms with E-state index in [-0.39, 0.29) is 5.91 Å². The standard InChI is InChI=1S/C14H23N3OS/c1-4-5-12-16-10(2)13(19-12)14(18)17(3)11-6-8-15-9-7-11/h11,15H,4-9H2,1-3H3. The molecule has 0 spiro atoms. The highest BCUT2D eigenvalue weighted by Gasteiger charge is 2.25. The summed E-state index contributed by atoms with van der Waals surface area (Å²) in [5, 5.41) is 4.42. The Morgan fingerprint density at radius 1 is 1.47 bits per heavy atom. The number of nitrogens with zero attached hydrogens (tertiary/aromatic N) is 2. The van der Waals surface area contributed by atoms with E-state index >= 15 is 0 Å². The number of thiazole rings is 1. The normalized spacial score (nSPS) is 16.6. The van der Waals surface area contributed by atoms with Gasteiger partial charge in [0.15, 0.2) is 0 Å². The van der Waals surface area contributed by atoms with Gasteiger partial charge in [-0.2, -0.15) is 0 Å². The van der Waals surface area contributed by atoms with Crippen molar-refractivity contribution in [2.75, 3.05) is 20.1 Å². The van der Waals surface area contributed by atoms with E-state index in [9.17, 15) is 4.79 Å². The summed E-state index contributed by atoms with van der Waals surface area (Å²) in [6.07, 6.45) is 4.13. The first-order valence-electron chi connectivity index (χ1n) is 7.07. The summed E-state index contributed by atoms with van der Waals surface area (Å²) in [6.45, 7) is 6.09. The minimum Gasteiger partial charge on any atom is -0.338 e. The number of carbonyl (C=O) groups is 1. The maximum absolute atomic E-state index is 12.6. The maximum Gasteiger partial charge on any atom is 0.265 e. The number of aryl methyl sites for hydroxylation is 2. The molecule has 0 aromatic carbocycles. The Balaban J connectivity index is 2.09. The molecule has 5 heteroatoms. The van der Waals surface area contributed by atoms with Gasteiger partial charge in [0.25, 0.3) is 5.91 Å². The molecule has 1 N–H and O–H groups in total. The number of aromatic nitrogens is 1. The molecule has 1 fully saturated rings. The predicted molar refractivity (Wildman–Crippen MR) is 78.8 cm³/mol. The van der Waals surface area contributed by atoms with Gasteiger partial charge in [0, 0.05) is 13.1 Å². The summed E-state index contributed by atoms with van der Waals surface area (Å²) in [6, 6.07) is 0.366. The Bertz CT molecular complexity index is 438. The number of amides is 1. The van der Waals surface area contributed by atoms with Crippen LogP contribution in [0.3, 0.4) is 0 Å². The van der Waals surface area contributed by atoms with Gasteiger partial charge in [0.05, 0.1) is 10.7 Å². The van der Waals surface area contributed by atoms with E-state index in [0.29, 0.717) is 6.04 Å². The van der Waals surface area contributed by atoms with Crippen molar-refractivity contribution < 1.29 is 4.79 Å². The van der Waals surface area contributed by atoms with E-state index in [2.05, 4.69) is 17.2 Å². The van der Waals surface area contributed by atoms with Crippen molar-refractivity contribution >= 4 is 17.2 Å². The summed E-state index contributed by atoms with van der Waals surface area (Å²) in [7, 11) is 1.93. The van der Waals surface area contributed by atoms with Gasteiger partial charge in [0.2, 0.25) is 0 Å². The summed E-state index contributed by atoms with van der Waals surface area (Å²) in [5.41, 5.74) is 0.888. The lowest BCUT2D eigenvalue weighted by Gasteiger charge is -2.31. The Hall–Kier alpha value is -0.940. The number of nitrogens with one attached hydrogen (secondary N) is 1. The van der Waals surface area contributed by atoms with Crippen LogP contribution < -0.4 is 5.32 Å². The van der Waals surface area contributed by atoms with Crippen molar-refractivity contribution in [3.63, 3.8) is 0 Å². The van der Waals surface area contributed by atoms with Gasteiger partial charge in [-0.3, -0.25) is 4.79 Å². The van der Waals surface area contributed by atoms with Crippen molar-refractivity contribution in [2.24, 2.45) is 0 Å². The highest BCUT2D eigenvalue weighted by atomic mass is 32.1. The van der Waals surface area contributed by atoms with E-state index in [1.165, 1.54) is 0 Å². The first-order chi connectivity index (χ1) is 9.13. The second kappa shape index (κ2) is 6.48. The SMILES string of the molecule is CCCc1nc(C)c(C(=O)N(C)C2CCNCC2)s1. The zero-order chi connectivity index (χ0) is 13.8. The zero-order valence-electron chi connectivity index (χ0n) is 12.0. The molecule has 0 saturated carbocycles. The van der Waals surface area contributed by atoms with Gasteiger partial charge in [-0.05, 0) is 45.7 Å². The van der Waals surface area contributed by atoms with Crippen molar-refractivity contribution in [3.8, 4) is 0 Å². The van der Waals surface area contributed by atoms with Gasteiger partial charge in [-0.25, -0.2) is 4.98 Å². The number of hydrogen-bond donors (Lipinski definition) is 1. The van der Waals surface area contributed by atoms with E-state index in [0.717, 1.165) is 54.4 Å². The average Bonchev–Trinajstić information content (AvgIpc) is 2.79. The van der Waals surface area contributed by atoms with Crippen LogP contribution in [0.15, 0.2) is 0 Å². The summed E-state index contributed by atoms with van der Waals surface area (Å²) >= 11 is 1.57. The molecule has 0 aliphatic carbocycles. The van der Waals surface area contributed by atoms with Gasteiger partial charge in [-0.15, -0.1) is 11.3 Å². The van der Waals surface area contributed by atoms with E-state index in [1.54, 1.807) is 11.3 Å². The minimum absolute atomic E-state index is 0.143. The van der Waals surface area contributed by atoms with Crippen LogP contribution in [0.2, 0.25) is 0 Å². The molecule has 1 amide bonds. The second-order valence-corrected chi connectivity index (χ2v) is 6.25. The van der Waals surface area contributed by atoms with Gasteiger partial charge in [-0.1, -0.05) is 6.92 Å². The molecule has 0 unspecified atom stereocenters. The van der Waals surface area contributed by atoms with E-state index < -0.39 is 0 Å². The van der Waals surface area contributed by atoms with Crippen LogP contribution in [-0.4, -0.2) is 42.0 Å². The maximum atomic E-state index is 12.6. The molecular weight excluding hydrogens is 258 g/mol. The Labute approximate surface area is 119 Å². The summed E-state index contributed by atoms with van der Waals surface area (Å²) in [5.74, 6) is 0.143. The fraction of sp³-hybridized carbons (Fsp3) is 0.714. The number of hydrogen-bond acceptors (Lipinski definition) is 4. The molecule has 2 heterocycles. The van der Waals surface area contributed by atoms with Crippen molar-refractivity contribution in [3.05, 3.63) is 15.6 Å². The zero-order valence-corrected chi connectivity index (χ0v) is 12.8. The highest BCUT2D eigenvalue weighted by Crippen LogP contribution is 2.23. The predicted octanol–water partition coefficient (Wildman–Crippen LogP) is 2.23. The lowest BCUT2D eigenvalue weighted by Crippen LogP contribution is -2.43. The lowest BCUT2D eigenvalue weighted by atomic mass is 10.1. The molecule has 1 aliphatic heterocycles. The molecule has 1 aromatic rings. The molecular formula is C14H23N3OS. The molecule has 2 rings (SSSR count). The van der Waals surface area contributed by atoms with E-state index in [4.69, 9.17) is 0 Å². The fourth-order valence-electron chi connectivity index (χ4n) is 2.49. The number of carbonyl (C=O) groups excluding carboxylic acids is 1. The van der Waals surface area contributed by atoms with Crippen LogP contribution >= 0.6 is 11.3 Å². The summed E-state index contributed by atoms with van der Waals surface area (Å²) in [4.78, 5) is 19.8. The van der Waals surface area contributed by atoms with Crippen molar-refractivity contribution in [2.45, 2.75) is 45.6 Å². The largest absolute Gasteiger partial charge is 0.338 e. The Morgan fingerprint density at radius 2 is 2.16 bits per heavy atom. The average molecular weight is 281 g/mol. The lowest BCUT2D eigenvalue weighted by molar-refractivity contribution is 0.0707. The van der Waals surface area contributed by atoms with Crippen LogP contribution in [0.5, 0.6) is 0 Å². The molecule has 0 bridgehead atoms. The molecule has 0 radical (unpaired) electrons. The minimum atomic E-state index is 0.143. The van der Waals surface area contributed by atoms with Crippen LogP contribution in [0.4, 0.5) is 0 Å². The van der Waals surface area contributed by atoms with Gasteiger partial charge < -0.3 is 10.2 Å². The Kier molecular flexibility index (Phi) is 4.93. The van der Waals surface area contributed by atoms with Crippen LogP contribution in [0, 0.1) is 6.92 Å². The monoisotopic (exact) mass is 281 g/mol. The summed E-state index contributed by atoms with van der Waals surface area (Å²) < 4.78 is 0. The van der Waals surface area contributed by atoms with Crippen molar-refractivity contribution in [1.29, 1.82) is 0 Å². The van der Waals surface area contributed by atoms with Gasteiger partial charge in [0.1, 0.15) is 4.88 Å². The first-order valence-corrected chi connectivity index (χ1v) is 7.89. The molecule has 1 aromatic heterocycles. The van der Waals surface area contributed by atoms with Gasteiger partial charge >= 0.3 is 0 Å². The second-order valence-electron chi connectivity index (χ2n) is 5.17. The molecule has 19 heavy (non-hydrogen) atoms. The van der Waals surface area contributed by atoms with Crippen LogP contribution in [0.1, 0.15) is 46.6 Å². The topological polar surface area (TPSA) is 45.2 Å². The van der Waals surface area contributed by atoms with Crippen molar-refractivity contribution in [1.82, 2.24) is 15.2 Å². The number of piperidine rings is 1. The molecule has 1 aliphatic rings. The third kappa shape index (κ3) is 3.34. The Morgan fingerprint density at radius 3 is 2.79 bits per heavy atom. The molecule has 4 nitrogen and oxygen atoms in total. The highest BCUT2D eigenvalue weighted by molar-refractivity contribution is 7.13. The fourth-order valence-corrected chi connectivity index (χ4v) is 3.64.